The van der Waals surface area contributed by atoms with Crippen LogP contribution in [-0.2, 0) is 6.54 Å². The topological polar surface area (TPSA) is 85.6 Å². The molecule has 0 spiro atoms. The number of halogens is 1. The quantitative estimate of drug-likeness (QED) is 0.245. The Labute approximate surface area is 199 Å². The van der Waals surface area contributed by atoms with Crippen LogP contribution in [0.1, 0.15) is 13.8 Å². The largest absolute Gasteiger partial charge is 0.508 e. The maximum Gasteiger partial charge on any atom is 0.116 e. The summed E-state index contributed by atoms with van der Waals surface area (Å²) >= 11 is 1.73. The predicted octanol–water partition coefficient (Wildman–Crippen LogP) is 3.63. The van der Waals surface area contributed by atoms with E-state index in [4.69, 9.17) is 10.2 Å². The number of nitrogens with zero attached hydrogens (tertiary/aromatic N) is 3. The maximum atomic E-state index is 10.1. The van der Waals surface area contributed by atoms with Crippen LogP contribution in [0.25, 0.3) is 22.2 Å². The van der Waals surface area contributed by atoms with Gasteiger partial charge < -0.3 is 25.7 Å². The lowest BCUT2D eigenvalue weighted by Crippen LogP contribution is -2.27. The number of phenols is 1. The summed E-state index contributed by atoms with van der Waals surface area (Å²) in [5, 5.41) is 31.9. The van der Waals surface area contributed by atoms with Gasteiger partial charge >= 0.3 is 0 Å². The van der Waals surface area contributed by atoms with E-state index in [-0.39, 0.29) is 24.8 Å². The third-order valence-corrected chi connectivity index (χ3v) is 6.93. The Balaban J connectivity index is 0.00000289. The fourth-order valence-corrected chi connectivity index (χ4v) is 5.19. The zero-order chi connectivity index (χ0) is 21.8. The maximum absolute atomic E-state index is 10.1. The molecule has 32 heavy (non-hydrogen) atoms. The van der Waals surface area contributed by atoms with E-state index >= 15 is 0 Å². The number of anilines is 1. The predicted molar refractivity (Wildman–Crippen MR) is 134 cm³/mol. The van der Waals surface area contributed by atoms with Gasteiger partial charge in [0.15, 0.2) is 0 Å². The van der Waals surface area contributed by atoms with Crippen LogP contribution in [0.4, 0.5) is 5.69 Å². The number of aromatic nitrogens is 2. The average Bonchev–Trinajstić information content (AvgIpc) is 3.16. The standard InChI is InChI=1S/C23H31N5O2S.ClH/c1-3-27(4-2)12-13-28-19-7-6-18(25-10-9-24-11-14-29)23-21(19)22(26-28)17-15-16(30)5-8-20(17)31-23;/h5-8,15,24-25,29-30H,3-4,9-14H2,1-2H3;1H. The first kappa shape index (κ1) is 24.7. The number of hydrogen-bond acceptors (Lipinski definition) is 7. The van der Waals surface area contributed by atoms with E-state index in [0.29, 0.717) is 6.54 Å². The van der Waals surface area contributed by atoms with Crippen LogP contribution >= 0.6 is 24.2 Å². The molecule has 0 atom stereocenters. The van der Waals surface area contributed by atoms with Crippen molar-refractivity contribution < 1.29 is 10.2 Å². The minimum Gasteiger partial charge on any atom is -0.508 e. The Morgan fingerprint density at radius 3 is 2.66 bits per heavy atom. The van der Waals surface area contributed by atoms with E-state index in [1.807, 2.05) is 12.1 Å². The first-order valence-corrected chi connectivity index (χ1v) is 11.8. The van der Waals surface area contributed by atoms with Crippen molar-refractivity contribution >= 4 is 40.8 Å². The Kier molecular flexibility index (Phi) is 8.67. The van der Waals surface area contributed by atoms with E-state index in [2.05, 4.69) is 46.2 Å². The normalized spacial score (nSPS) is 12.1. The Bertz CT molecular complexity index is 1050. The fraction of sp³-hybridized carbons (Fsp3) is 0.435. The highest BCUT2D eigenvalue weighted by Crippen LogP contribution is 2.51. The lowest BCUT2D eigenvalue weighted by atomic mass is 10.1. The molecule has 1 aromatic heterocycles. The zero-order valence-corrected chi connectivity index (χ0v) is 20.2. The Hall–Kier alpha value is -1.97. The molecule has 9 heteroatoms. The number of aliphatic hydroxyl groups is 1. The second kappa shape index (κ2) is 11.2. The highest BCUT2D eigenvalue weighted by atomic mass is 35.5. The van der Waals surface area contributed by atoms with E-state index in [0.717, 1.165) is 72.0 Å². The first-order chi connectivity index (χ1) is 15.2. The van der Waals surface area contributed by atoms with Gasteiger partial charge in [0.1, 0.15) is 11.4 Å². The van der Waals surface area contributed by atoms with Gasteiger partial charge in [0.2, 0.25) is 0 Å². The highest BCUT2D eigenvalue weighted by Gasteiger charge is 2.26. The van der Waals surface area contributed by atoms with E-state index in [1.165, 1.54) is 4.90 Å². The van der Waals surface area contributed by atoms with Crippen molar-refractivity contribution in [2.24, 2.45) is 0 Å². The zero-order valence-electron chi connectivity index (χ0n) is 18.6. The minimum atomic E-state index is 0. The molecule has 0 bridgehead atoms. The molecule has 0 aliphatic carbocycles. The van der Waals surface area contributed by atoms with Crippen LogP contribution in [0.2, 0.25) is 0 Å². The highest BCUT2D eigenvalue weighted by molar-refractivity contribution is 8.00. The molecule has 0 fully saturated rings. The number of nitrogens with one attached hydrogen (secondary N) is 2. The lowest BCUT2D eigenvalue weighted by Gasteiger charge is -2.19. The van der Waals surface area contributed by atoms with Crippen LogP contribution in [0.15, 0.2) is 40.1 Å². The number of aromatic hydroxyl groups is 1. The molecule has 174 valence electrons. The van der Waals surface area contributed by atoms with Crippen molar-refractivity contribution in [2.45, 2.75) is 30.2 Å². The summed E-state index contributed by atoms with van der Waals surface area (Å²) in [5.41, 5.74) is 4.15. The van der Waals surface area contributed by atoms with Gasteiger partial charge in [-0.05, 0) is 43.4 Å². The molecular formula is C23H32ClN5O2S. The number of rotatable bonds is 11. The second-order valence-electron chi connectivity index (χ2n) is 7.62. The van der Waals surface area contributed by atoms with Gasteiger partial charge in [-0.2, -0.15) is 5.10 Å². The molecule has 1 aliphatic heterocycles. The summed E-state index contributed by atoms with van der Waals surface area (Å²) in [6.07, 6.45) is 0. The molecule has 4 rings (SSSR count). The number of likely N-dealkylation sites (N-methyl/N-ethyl adjacent to an activating group) is 1. The number of benzene rings is 2. The summed E-state index contributed by atoms with van der Waals surface area (Å²) in [6.45, 7) is 10.5. The number of aliphatic hydroxyl groups excluding tert-OH is 1. The minimum absolute atomic E-state index is 0. The molecule has 0 saturated carbocycles. The smallest absolute Gasteiger partial charge is 0.116 e. The van der Waals surface area contributed by atoms with Crippen LogP contribution in [0, 0.1) is 0 Å². The molecular weight excluding hydrogens is 446 g/mol. The third kappa shape index (κ3) is 5.00. The van der Waals surface area contributed by atoms with Crippen LogP contribution in [0.5, 0.6) is 5.75 Å². The average molecular weight is 478 g/mol. The van der Waals surface area contributed by atoms with Crippen molar-refractivity contribution in [3.8, 4) is 17.0 Å². The SMILES string of the molecule is CCN(CC)CCn1nc2c3c(c(NCCNCCO)ccc31)Sc1ccc(O)cc1-2.Cl. The summed E-state index contributed by atoms with van der Waals surface area (Å²) in [7, 11) is 0. The lowest BCUT2D eigenvalue weighted by molar-refractivity contribution is 0.287. The van der Waals surface area contributed by atoms with Gasteiger partial charge in [-0.25, -0.2) is 0 Å². The summed E-state index contributed by atoms with van der Waals surface area (Å²) in [6, 6.07) is 9.82. The van der Waals surface area contributed by atoms with E-state index in [1.54, 1.807) is 17.8 Å². The third-order valence-electron chi connectivity index (χ3n) is 5.73. The van der Waals surface area contributed by atoms with Crippen molar-refractivity contribution in [1.82, 2.24) is 20.0 Å². The Morgan fingerprint density at radius 2 is 1.91 bits per heavy atom. The van der Waals surface area contributed by atoms with Crippen molar-refractivity contribution in [1.29, 1.82) is 0 Å². The molecule has 0 amide bonds. The van der Waals surface area contributed by atoms with Gasteiger partial charge in [-0.15, -0.1) is 12.4 Å². The second-order valence-corrected chi connectivity index (χ2v) is 8.67. The molecule has 1 aliphatic rings. The fourth-order valence-electron chi connectivity index (χ4n) is 4.01. The van der Waals surface area contributed by atoms with E-state index in [9.17, 15) is 5.11 Å². The molecule has 0 saturated heterocycles. The molecule has 4 N–H and O–H groups in total. The van der Waals surface area contributed by atoms with E-state index < -0.39 is 0 Å². The van der Waals surface area contributed by atoms with Crippen LogP contribution < -0.4 is 10.6 Å². The molecule has 7 nitrogen and oxygen atoms in total. The van der Waals surface area contributed by atoms with Crippen molar-refractivity contribution in [3.63, 3.8) is 0 Å². The van der Waals surface area contributed by atoms with Crippen molar-refractivity contribution in [3.05, 3.63) is 30.3 Å². The molecule has 0 unspecified atom stereocenters. The van der Waals surface area contributed by atoms with Gasteiger partial charge in [-0.1, -0.05) is 25.6 Å². The van der Waals surface area contributed by atoms with Gasteiger partial charge in [0.05, 0.1) is 18.7 Å². The van der Waals surface area contributed by atoms with Crippen LogP contribution in [-0.4, -0.2) is 70.8 Å². The monoisotopic (exact) mass is 477 g/mol. The summed E-state index contributed by atoms with van der Waals surface area (Å²) < 4.78 is 2.11. The number of phenolic OH excluding ortho intramolecular Hbond substituents is 1. The summed E-state index contributed by atoms with van der Waals surface area (Å²) in [5.74, 6) is 0.262. The molecule has 3 aromatic rings. The molecule has 2 heterocycles. The molecule has 0 radical (unpaired) electrons. The molecule has 2 aromatic carbocycles. The number of fused-ring (bicyclic) bond motifs is 2. The van der Waals surface area contributed by atoms with Gasteiger partial charge in [-0.3, -0.25) is 4.68 Å². The van der Waals surface area contributed by atoms with Gasteiger partial charge in [0, 0.05) is 52.6 Å². The Morgan fingerprint density at radius 1 is 1.09 bits per heavy atom. The summed E-state index contributed by atoms with van der Waals surface area (Å²) in [4.78, 5) is 4.69. The van der Waals surface area contributed by atoms with Crippen molar-refractivity contribution in [2.75, 3.05) is 51.2 Å². The van der Waals surface area contributed by atoms with Crippen LogP contribution in [0.3, 0.4) is 0 Å². The van der Waals surface area contributed by atoms with Gasteiger partial charge in [0.25, 0.3) is 0 Å². The first-order valence-electron chi connectivity index (χ1n) is 11.0. The number of hydrogen-bond donors (Lipinski definition) is 4.